The maximum absolute atomic E-state index is 13.0. The number of hydrogen-bond donors (Lipinski definition) is 1. The number of azo groups is 1. The molecule has 37 heavy (non-hydrogen) atoms. The lowest BCUT2D eigenvalue weighted by Gasteiger charge is -2.11. The van der Waals surface area contributed by atoms with Gasteiger partial charge >= 0.3 is 0 Å². The summed E-state index contributed by atoms with van der Waals surface area (Å²) >= 11 is 0. The zero-order valence-corrected chi connectivity index (χ0v) is 20.5. The lowest BCUT2D eigenvalue weighted by molar-refractivity contribution is -0.114. The third-order valence-electron chi connectivity index (χ3n) is 5.57. The fourth-order valence-electron chi connectivity index (χ4n) is 3.67. The summed E-state index contributed by atoms with van der Waals surface area (Å²) in [6.45, 7) is 1.72. The molecule has 0 spiro atoms. The largest absolute Gasteiger partial charge is 0.457 e. The number of nitrogens with zero attached hydrogens (tertiary/aromatic N) is 4. The first-order chi connectivity index (χ1) is 17.8. The number of rotatable bonds is 6. The third kappa shape index (κ3) is 5.30. The average Bonchev–Trinajstić information content (AvgIpc) is 3.48. The highest BCUT2D eigenvalue weighted by atomic mass is 32.2. The van der Waals surface area contributed by atoms with Gasteiger partial charge in [0.1, 0.15) is 11.5 Å². The SMILES string of the molecule is CC1=NN(c2ccc(S(N)(=O)=O)cc2)C(=O)/C1=C\c1ccc(-c2ccc(N=Nc3ccccc3)cc2)o1. The molecule has 0 bridgehead atoms. The second-order valence-corrected chi connectivity index (χ2v) is 9.75. The summed E-state index contributed by atoms with van der Waals surface area (Å²) in [4.78, 5) is 13.0. The van der Waals surface area contributed by atoms with Gasteiger partial charge < -0.3 is 4.42 Å². The highest BCUT2D eigenvalue weighted by Crippen LogP contribution is 2.29. The number of hydrogen-bond acceptors (Lipinski definition) is 7. The number of carbonyl (C=O) groups excluding carboxylic acids is 1. The van der Waals surface area contributed by atoms with Crippen LogP contribution in [0.4, 0.5) is 17.1 Å². The zero-order valence-electron chi connectivity index (χ0n) is 19.6. The molecule has 1 amide bonds. The number of sulfonamides is 1. The molecule has 0 saturated heterocycles. The minimum Gasteiger partial charge on any atom is -0.457 e. The molecule has 0 aliphatic carbocycles. The molecule has 1 aliphatic rings. The van der Waals surface area contributed by atoms with Gasteiger partial charge in [-0.3, -0.25) is 4.79 Å². The first-order valence-electron chi connectivity index (χ1n) is 11.2. The first kappa shape index (κ1) is 24.0. The standard InChI is InChI=1S/C27H21N5O4S/c1-18-25(27(33)32(31-18)22-11-14-24(15-12-22)37(28,34)35)17-23-13-16-26(36-23)19-7-9-21(10-8-19)30-29-20-5-3-2-4-6-20/h2-17H,1H3,(H2,28,34,35)/b25-17-,30-29?. The Balaban J connectivity index is 1.31. The lowest BCUT2D eigenvalue weighted by Crippen LogP contribution is -2.21. The summed E-state index contributed by atoms with van der Waals surface area (Å²) in [6, 6.07) is 26.2. The van der Waals surface area contributed by atoms with Gasteiger partial charge in [-0.1, -0.05) is 18.2 Å². The summed E-state index contributed by atoms with van der Waals surface area (Å²) < 4.78 is 28.9. The van der Waals surface area contributed by atoms with Crippen molar-refractivity contribution in [2.24, 2.45) is 20.5 Å². The zero-order chi connectivity index (χ0) is 26.0. The van der Waals surface area contributed by atoms with Crippen LogP contribution >= 0.6 is 0 Å². The molecule has 1 aliphatic heterocycles. The number of furan rings is 1. The number of amides is 1. The van der Waals surface area contributed by atoms with Gasteiger partial charge in [0, 0.05) is 5.56 Å². The number of carbonyl (C=O) groups is 1. The number of nitrogens with two attached hydrogens (primary N) is 1. The van der Waals surface area contributed by atoms with Gasteiger partial charge in [-0.15, -0.1) is 0 Å². The summed E-state index contributed by atoms with van der Waals surface area (Å²) in [5, 5.41) is 19.1. The molecule has 0 saturated carbocycles. The minimum absolute atomic E-state index is 0.0465. The Morgan fingerprint density at radius 1 is 0.865 bits per heavy atom. The minimum atomic E-state index is -3.83. The molecule has 5 rings (SSSR count). The normalized spacial score (nSPS) is 15.1. The van der Waals surface area contributed by atoms with Gasteiger partial charge in [0.05, 0.1) is 33.2 Å². The van der Waals surface area contributed by atoms with Gasteiger partial charge in [-0.25, -0.2) is 13.6 Å². The van der Waals surface area contributed by atoms with E-state index in [-0.39, 0.29) is 10.8 Å². The molecule has 9 nitrogen and oxygen atoms in total. The monoisotopic (exact) mass is 511 g/mol. The van der Waals surface area contributed by atoms with Gasteiger partial charge in [0.2, 0.25) is 10.0 Å². The van der Waals surface area contributed by atoms with Crippen molar-refractivity contribution in [2.45, 2.75) is 11.8 Å². The summed E-state index contributed by atoms with van der Waals surface area (Å²) in [6.07, 6.45) is 1.63. The van der Waals surface area contributed by atoms with E-state index in [0.29, 0.717) is 34.2 Å². The van der Waals surface area contributed by atoms with Crippen molar-refractivity contribution in [3.8, 4) is 11.3 Å². The smallest absolute Gasteiger partial charge is 0.280 e. The Morgan fingerprint density at radius 2 is 1.51 bits per heavy atom. The number of benzene rings is 3. The average molecular weight is 512 g/mol. The van der Waals surface area contributed by atoms with E-state index in [9.17, 15) is 13.2 Å². The van der Waals surface area contributed by atoms with Crippen molar-refractivity contribution >= 4 is 44.8 Å². The van der Waals surface area contributed by atoms with E-state index >= 15 is 0 Å². The molecule has 2 N–H and O–H groups in total. The maximum Gasteiger partial charge on any atom is 0.280 e. The van der Waals surface area contributed by atoms with Crippen LogP contribution in [-0.4, -0.2) is 20.0 Å². The molecular weight excluding hydrogens is 490 g/mol. The van der Waals surface area contributed by atoms with Crippen molar-refractivity contribution in [1.82, 2.24) is 0 Å². The van der Waals surface area contributed by atoms with Gasteiger partial charge in [0.15, 0.2) is 0 Å². The van der Waals surface area contributed by atoms with Crippen LogP contribution in [0.1, 0.15) is 12.7 Å². The van der Waals surface area contributed by atoms with E-state index in [1.807, 2.05) is 60.7 Å². The Morgan fingerprint density at radius 3 is 2.16 bits per heavy atom. The summed E-state index contributed by atoms with van der Waals surface area (Å²) in [5.41, 5.74) is 3.63. The molecule has 10 heteroatoms. The number of anilines is 1. The topological polar surface area (TPSA) is 131 Å². The van der Waals surface area contributed by atoms with E-state index in [1.165, 1.54) is 29.3 Å². The second-order valence-electron chi connectivity index (χ2n) is 8.18. The number of primary sulfonamides is 1. The highest BCUT2D eigenvalue weighted by Gasteiger charge is 2.29. The van der Waals surface area contributed by atoms with Crippen LogP contribution in [0.15, 0.2) is 121 Å². The van der Waals surface area contributed by atoms with Gasteiger partial charge in [-0.2, -0.15) is 20.3 Å². The quantitative estimate of drug-likeness (QED) is 0.258. The van der Waals surface area contributed by atoms with E-state index in [4.69, 9.17) is 9.56 Å². The predicted molar refractivity (Wildman–Crippen MR) is 141 cm³/mol. The molecule has 3 aromatic carbocycles. The lowest BCUT2D eigenvalue weighted by atomic mass is 10.1. The van der Waals surface area contributed by atoms with Crippen LogP contribution in [0.3, 0.4) is 0 Å². The Kier molecular flexibility index (Phi) is 6.34. The van der Waals surface area contributed by atoms with Crippen molar-refractivity contribution in [3.63, 3.8) is 0 Å². The molecule has 0 unspecified atom stereocenters. The predicted octanol–water partition coefficient (Wildman–Crippen LogP) is 5.82. The fraction of sp³-hybridized carbons (Fsp3) is 0.0370. The Hall–Kier alpha value is -4.67. The molecule has 1 aromatic heterocycles. The Labute approximate surface area is 213 Å². The van der Waals surface area contributed by atoms with Crippen LogP contribution < -0.4 is 10.1 Å². The first-order valence-corrected chi connectivity index (χ1v) is 12.7. The summed E-state index contributed by atoms with van der Waals surface area (Å²) in [7, 11) is -3.83. The summed E-state index contributed by atoms with van der Waals surface area (Å²) in [5.74, 6) is 0.771. The van der Waals surface area contributed by atoms with Crippen LogP contribution in [-0.2, 0) is 14.8 Å². The highest BCUT2D eigenvalue weighted by molar-refractivity contribution is 7.89. The van der Waals surface area contributed by atoms with Crippen LogP contribution in [0, 0.1) is 0 Å². The molecule has 2 heterocycles. The fourth-order valence-corrected chi connectivity index (χ4v) is 4.18. The molecule has 0 radical (unpaired) electrons. The van der Waals surface area contributed by atoms with E-state index < -0.39 is 10.0 Å². The van der Waals surface area contributed by atoms with Gasteiger partial charge in [-0.05, 0) is 85.8 Å². The van der Waals surface area contributed by atoms with Crippen LogP contribution in [0.5, 0.6) is 0 Å². The van der Waals surface area contributed by atoms with E-state index in [2.05, 4.69) is 15.3 Å². The van der Waals surface area contributed by atoms with Crippen molar-refractivity contribution in [1.29, 1.82) is 0 Å². The molecular formula is C27H21N5O4S. The Bertz CT molecular complexity index is 1650. The molecule has 184 valence electrons. The van der Waals surface area contributed by atoms with Crippen molar-refractivity contribution in [3.05, 3.63) is 102 Å². The van der Waals surface area contributed by atoms with Gasteiger partial charge in [0.25, 0.3) is 5.91 Å². The molecule has 4 aromatic rings. The number of hydrazone groups is 1. The van der Waals surface area contributed by atoms with E-state index in [0.717, 1.165) is 11.3 Å². The van der Waals surface area contributed by atoms with Crippen molar-refractivity contribution in [2.75, 3.05) is 5.01 Å². The second kappa shape index (κ2) is 9.76. The van der Waals surface area contributed by atoms with Crippen molar-refractivity contribution < 1.29 is 17.6 Å². The van der Waals surface area contributed by atoms with Crippen LogP contribution in [0.25, 0.3) is 17.4 Å². The molecule has 0 fully saturated rings. The third-order valence-corrected chi connectivity index (χ3v) is 6.50. The van der Waals surface area contributed by atoms with Crippen LogP contribution in [0.2, 0.25) is 0 Å². The maximum atomic E-state index is 13.0. The van der Waals surface area contributed by atoms with E-state index in [1.54, 1.807) is 19.1 Å². The molecule has 0 atom stereocenters.